The van der Waals surface area contributed by atoms with Gasteiger partial charge in [-0.2, -0.15) is 0 Å². The highest BCUT2D eigenvalue weighted by Gasteiger charge is 2.33. The Morgan fingerprint density at radius 1 is 1.39 bits per heavy atom. The van der Waals surface area contributed by atoms with Crippen LogP contribution >= 0.6 is 11.6 Å². The second-order valence-electron chi connectivity index (χ2n) is 5.97. The maximum absolute atomic E-state index is 12.5. The lowest BCUT2D eigenvalue weighted by molar-refractivity contribution is 0.0762. The minimum atomic E-state index is -0.104. The number of nitrogens with zero attached hydrogens (tertiary/aromatic N) is 3. The Kier molecular flexibility index (Phi) is 3.69. The Bertz CT molecular complexity index is 729. The van der Waals surface area contributed by atoms with Crippen LogP contribution in [0.2, 0.25) is 5.02 Å². The SMILES string of the molecule is O=C(c1cc(C2CC2)on1)N1CC[C@@H](Oc2ccncc2Cl)C1. The number of hydrogen-bond donors (Lipinski definition) is 0. The number of likely N-dealkylation sites (tertiary alicyclic amines) is 1. The monoisotopic (exact) mass is 333 g/mol. The molecule has 1 aliphatic carbocycles. The van der Waals surface area contributed by atoms with Crippen LogP contribution in [0.15, 0.2) is 29.0 Å². The average molecular weight is 334 g/mol. The molecule has 0 spiro atoms. The zero-order valence-corrected chi connectivity index (χ0v) is 13.2. The predicted molar refractivity (Wildman–Crippen MR) is 82.7 cm³/mol. The van der Waals surface area contributed by atoms with Gasteiger partial charge in [0.05, 0.1) is 6.54 Å². The van der Waals surface area contributed by atoms with E-state index in [4.69, 9.17) is 20.9 Å². The third-order valence-corrected chi connectivity index (χ3v) is 4.47. The van der Waals surface area contributed by atoms with Crippen molar-refractivity contribution in [3.63, 3.8) is 0 Å². The van der Waals surface area contributed by atoms with E-state index in [-0.39, 0.29) is 12.0 Å². The summed E-state index contributed by atoms with van der Waals surface area (Å²) >= 11 is 6.05. The summed E-state index contributed by atoms with van der Waals surface area (Å²) in [5.41, 5.74) is 0.384. The molecule has 1 saturated heterocycles. The van der Waals surface area contributed by atoms with Crippen molar-refractivity contribution in [2.75, 3.05) is 13.1 Å². The summed E-state index contributed by atoms with van der Waals surface area (Å²) in [6.07, 6.45) is 6.10. The largest absolute Gasteiger partial charge is 0.487 e. The van der Waals surface area contributed by atoms with Crippen LogP contribution in [0.4, 0.5) is 0 Å². The molecule has 0 N–H and O–H groups in total. The van der Waals surface area contributed by atoms with Crippen molar-refractivity contribution in [2.24, 2.45) is 0 Å². The number of hydrogen-bond acceptors (Lipinski definition) is 5. The van der Waals surface area contributed by atoms with Crippen molar-refractivity contribution in [3.05, 3.63) is 41.0 Å². The molecule has 2 aromatic heterocycles. The molecule has 2 aromatic rings. The smallest absolute Gasteiger partial charge is 0.276 e. The number of aromatic nitrogens is 2. The maximum atomic E-state index is 12.5. The van der Waals surface area contributed by atoms with Crippen molar-refractivity contribution in [1.82, 2.24) is 15.0 Å². The fourth-order valence-electron chi connectivity index (χ4n) is 2.76. The van der Waals surface area contributed by atoms with E-state index in [0.29, 0.717) is 35.5 Å². The zero-order chi connectivity index (χ0) is 15.8. The van der Waals surface area contributed by atoms with Gasteiger partial charge in [0, 0.05) is 43.4 Å². The number of ether oxygens (including phenoxy) is 1. The van der Waals surface area contributed by atoms with Gasteiger partial charge in [-0.3, -0.25) is 9.78 Å². The number of carbonyl (C=O) groups excluding carboxylic acids is 1. The third-order valence-electron chi connectivity index (χ3n) is 4.19. The molecule has 1 atom stereocenters. The van der Waals surface area contributed by atoms with Crippen LogP contribution in [0.3, 0.4) is 0 Å². The molecule has 3 heterocycles. The lowest BCUT2D eigenvalue weighted by Crippen LogP contribution is -2.31. The molecule has 2 aliphatic rings. The summed E-state index contributed by atoms with van der Waals surface area (Å²) in [7, 11) is 0. The lowest BCUT2D eigenvalue weighted by atomic mass is 10.2. The predicted octanol–water partition coefficient (Wildman–Crippen LogP) is 2.89. The first-order chi connectivity index (χ1) is 11.2. The highest BCUT2D eigenvalue weighted by Crippen LogP contribution is 2.40. The second kappa shape index (κ2) is 5.85. The molecule has 120 valence electrons. The van der Waals surface area contributed by atoms with Crippen molar-refractivity contribution in [3.8, 4) is 5.75 Å². The number of carbonyl (C=O) groups is 1. The molecular weight excluding hydrogens is 318 g/mol. The Labute approximate surface area is 138 Å². The maximum Gasteiger partial charge on any atom is 0.276 e. The first kappa shape index (κ1) is 14.5. The van der Waals surface area contributed by atoms with Gasteiger partial charge in [-0.15, -0.1) is 0 Å². The number of amides is 1. The third kappa shape index (κ3) is 3.03. The van der Waals surface area contributed by atoms with Gasteiger partial charge < -0.3 is 14.2 Å². The minimum Gasteiger partial charge on any atom is -0.487 e. The van der Waals surface area contributed by atoms with Gasteiger partial charge in [-0.25, -0.2) is 0 Å². The minimum absolute atomic E-state index is 0.0753. The van der Waals surface area contributed by atoms with Crippen LogP contribution in [0.5, 0.6) is 5.75 Å². The summed E-state index contributed by atoms with van der Waals surface area (Å²) < 4.78 is 11.1. The van der Waals surface area contributed by atoms with E-state index in [0.717, 1.165) is 25.0 Å². The van der Waals surface area contributed by atoms with Gasteiger partial charge in [0.15, 0.2) is 5.69 Å². The topological polar surface area (TPSA) is 68.5 Å². The number of rotatable bonds is 4. The van der Waals surface area contributed by atoms with Gasteiger partial charge in [0.25, 0.3) is 5.91 Å². The fraction of sp³-hybridized carbons (Fsp3) is 0.438. The Morgan fingerprint density at radius 3 is 3.04 bits per heavy atom. The average Bonchev–Trinajstić information content (AvgIpc) is 3.11. The van der Waals surface area contributed by atoms with Crippen molar-refractivity contribution < 1.29 is 14.1 Å². The number of halogens is 1. The summed E-state index contributed by atoms with van der Waals surface area (Å²) in [4.78, 5) is 18.2. The molecule has 0 radical (unpaired) electrons. The van der Waals surface area contributed by atoms with Crippen molar-refractivity contribution in [1.29, 1.82) is 0 Å². The van der Waals surface area contributed by atoms with E-state index in [2.05, 4.69) is 10.1 Å². The van der Waals surface area contributed by atoms with Crippen LogP contribution in [0, 0.1) is 0 Å². The highest BCUT2D eigenvalue weighted by molar-refractivity contribution is 6.31. The molecule has 1 saturated carbocycles. The van der Waals surface area contributed by atoms with Crippen LogP contribution in [0.1, 0.15) is 41.4 Å². The van der Waals surface area contributed by atoms with Gasteiger partial charge in [-0.05, 0) is 12.8 Å². The molecule has 23 heavy (non-hydrogen) atoms. The van der Waals surface area contributed by atoms with Crippen LogP contribution in [-0.2, 0) is 0 Å². The molecule has 0 unspecified atom stereocenters. The highest BCUT2D eigenvalue weighted by atomic mass is 35.5. The van der Waals surface area contributed by atoms with E-state index < -0.39 is 0 Å². The van der Waals surface area contributed by atoms with E-state index >= 15 is 0 Å². The molecule has 6 nitrogen and oxygen atoms in total. The molecular formula is C16H16ClN3O3. The molecule has 1 amide bonds. The van der Waals surface area contributed by atoms with E-state index in [1.54, 1.807) is 29.4 Å². The van der Waals surface area contributed by atoms with Gasteiger partial charge in [0.2, 0.25) is 0 Å². The molecule has 1 aliphatic heterocycles. The van der Waals surface area contributed by atoms with Crippen LogP contribution < -0.4 is 4.74 Å². The van der Waals surface area contributed by atoms with Gasteiger partial charge >= 0.3 is 0 Å². The molecule has 2 fully saturated rings. The normalized spacial score (nSPS) is 20.7. The Hall–Kier alpha value is -2.08. The molecule has 7 heteroatoms. The van der Waals surface area contributed by atoms with Crippen LogP contribution in [0.25, 0.3) is 0 Å². The van der Waals surface area contributed by atoms with Crippen molar-refractivity contribution in [2.45, 2.75) is 31.3 Å². The Morgan fingerprint density at radius 2 is 2.26 bits per heavy atom. The summed E-state index contributed by atoms with van der Waals surface area (Å²) in [6, 6.07) is 3.50. The van der Waals surface area contributed by atoms with Gasteiger partial charge in [-0.1, -0.05) is 16.8 Å². The van der Waals surface area contributed by atoms with E-state index in [9.17, 15) is 4.79 Å². The molecule has 0 bridgehead atoms. The molecule has 4 rings (SSSR count). The standard InChI is InChI=1S/C16H16ClN3O3/c17-12-8-18-5-3-14(12)22-11-4-6-20(9-11)16(21)13-7-15(23-19-13)10-1-2-10/h3,5,7-8,10-11H,1-2,4,6,9H2/t11-/m1/s1. The fourth-order valence-corrected chi connectivity index (χ4v) is 2.92. The van der Waals surface area contributed by atoms with Crippen LogP contribution in [-0.4, -0.2) is 40.1 Å². The lowest BCUT2D eigenvalue weighted by Gasteiger charge is -2.16. The Balaban J connectivity index is 1.39. The van der Waals surface area contributed by atoms with E-state index in [1.165, 1.54) is 0 Å². The zero-order valence-electron chi connectivity index (χ0n) is 12.4. The number of pyridine rings is 1. The second-order valence-corrected chi connectivity index (χ2v) is 6.38. The summed E-state index contributed by atoms with van der Waals surface area (Å²) in [5.74, 6) is 1.77. The first-order valence-electron chi connectivity index (χ1n) is 7.73. The van der Waals surface area contributed by atoms with Crippen molar-refractivity contribution >= 4 is 17.5 Å². The summed E-state index contributed by atoms with van der Waals surface area (Å²) in [6.45, 7) is 1.15. The van der Waals surface area contributed by atoms with Gasteiger partial charge in [0.1, 0.15) is 22.6 Å². The quantitative estimate of drug-likeness (QED) is 0.860. The first-order valence-corrected chi connectivity index (χ1v) is 8.10. The summed E-state index contributed by atoms with van der Waals surface area (Å²) in [5, 5.41) is 4.38. The van der Waals surface area contributed by atoms with E-state index in [1.807, 2.05) is 0 Å². The molecule has 0 aromatic carbocycles.